The van der Waals surface area contributed by atoms with Crippen molar-refractivity contribution >= 4 is 53.9 Å². The van der Waals surface area contributed by atoms with E-state index in [2.05, 4.69) is 172 Å². The Hall–Kier alpha value is -5.72. The van der Waals surface area contributed by atoms with Gasteiger partial charge in [-0.2, -0.15) is 0 Å². The highest BCUT2D eigenvalue weighted by molar-refractivity contribution is 6.20. The van der Waals surface area contributed by atoms with Gasteiger partial charge in [0.25, 0.3) is 0 Å². The van der Waals surface area contributed by atoms with Gasteiger partial charge in [0.05, 0.1) is 0 Å². The molecule has 10 rings (SSSR count). The van der Waals surface area contributed by atoms with E-state index in [-0.39, 0.29) is 5.41 Å². The van der Waals surface area contributed by atoms with E-state index in [9.17, 15) is 0 Å². The Morgan fingerprint density at radius 1 is 0.319 bits per heavy atom. The first-order chi connectivity index (χ1) is 23.1. The van der Waals surface area contributed by atoms with Crippen LogP contribution in [-0.4, -0.2) is 0 Å². The minimum Gasteiger partial charge on any atom is -0.0616 e. The van der Waals surface area contributed by atoms with E-state index in [4.69, 9.17) is 0 Å². The van der Waals surface area contributed by atoms with E-state index in [0.29, 0.717) is 0 Å². The fourth-order valence-electron chi connectivity index (χ4n) is 8.51. The summed E-state index contributed by atoms with van der Waals surface area (Å²) in [4.78, 5) is 0. The molecule has 0 aromatic heterocycles. The van der Waals surface area contributed by atoms with Gasteiger partial charge < -0.3 is 0 Å². The van der Waals surface area contributed by atoms with Crippen molar-refractivity contribution < 1.29 is 0 Å². The Morgan fingerprint density at radius 3 is 1.83 bits per heavy atom. The van der Waals surface area contributed by atoms with Crippen molar-refractivity contribution in [2.24, 2.45) is 0 Å². The summed E-state index contributed by atoms with van der Waals surface area (Å²) in [5.41, 5.74) is 10.6. The topological polar surface area (TPSA) is 0 Å². The number of fused-ring (bicyclic) bond motifs is 10. The molecule has 0 nitrogen and oxygen atoms in total. The molecular formula is C47H32. The van der Waals surface area contributed by atoms with E-state index in [1.165, 1.54) is 98.4 Å². The molecule has 0 heteroatoms. The highest BCUT2D eigenvalue weighted by atomic mass is 14.4. The summed E-state index contributed by atoms with van der Waals surface area (Å²) >= 11 is 0. The number of rotatable bonds is 2. The molecule has 9 aromatic carbocycles. The van der Waals surface area contributed by atoms with Crippen molar-refractivity contribution in [1.82, 2.24) is 0 Å². The van der Waals surface area contributed by atoms with Crippen LogP contribution in [0.25, 0.3) is 87.2 Å². The molecule has 0 spiro atoms. The van der Waals surface area contributed by atoms with Crippen LogP contribution < -0.4 is 0 Å². The zero-order valence-electron chi connectivity index (χ0n) is 26.5. The summed E-state index contributed by atoms with van der Waals surface area (Å²) in [6, 6.07) is 59.0. The number of hydrogen-bond acceptors (Lipinski definition) is 0. The van der Waals surface area contributed by atoms with Crippen molar-refractivity contribution in [3.63, 3.8) is 0 Å². The van der Waals surface area contributed by atoms with Gasteiger partial charge >= 0.3 is 0 Å². The van der Waals surface area contributed by atoms with Gasteiger partial charge in [0, 0.05) is 5.41 Å². The summed E-state index contributed by atoms with van der Waals surface area (Å²) in [6.45, 7) is 4.77. The third-order valence-corrected chi connectivity index (χ3v) is 10.8. The third-order valence-electron chi connectivity index (χ3n) is 10.8. The lowest BCUT2D eigenvalue weighted by Crippen LogP contribution is -2.14. The van der Waals surface area contributed by atoms with Crippen LogP contribution in [0, 0.1) is 0 Å². The Balaban J connectivity index is 1.25. The van der Waals surface area contributed by atoms with Crippen LogP contribution in [0.4, 0.5) is 0 Å². The zero-order chi connectivity index (χ0) is 31.3. The summed E-state index contributed by atoms with van der Waals surface area (Å²) in [5.74, 6) is 0. The van der Waals surface area contributed by atoms with Crippen LogP contribution in [-0.2, 0) is 5.41 Å². The summed E-state index contributed by atoms with van der Waals surface area (Å²) < 4.78 is 0. The van der Waals surface area contributed by atoms with E-state index in [1.807, 2.05) is 0 Å². The predicted molar refractivity (Wildman–Crippen MR) is 202 cm³/mol. The summed E-state index contributed by atoms with van der Waals surface area (Å²) in [7, 11) is 0. The Bertz CT molecular complexity index is 2760. The standard InChI is InChI=1S/C47H32/c1-47(2)43-24-21-34(45-37-15-8-6-13-32(37)27-41-35-14-7-5-11-30(35)20-22-40(41)45)28-42(43)46-39-17-9-16-36(38(39)23-25-44(46)47)33-19-18-29-10-3-4-12-31(29)26-33/h3-28H,1-2H3. The molecule has 47 heavy (non-hydrogen) atoms. The maximum atomic E-state index is 2.49. The monoisotopic (exact) mass is 596 g/mol. The molecule has 1 aliphatic rings. The lowest BCUT2D eigenvalue weighted by molar-refractivity contribution is 0.661. The third kappa shape index (κ3) is 3.76. The second-order valence-electron chi connectivity index (χ2n) is 13.7. The fourth-order valence-corrected chi connectivity index (χ4v) is 8.51. The Kier molecular flexibility index (Phi) is 5.44. The molecule has 0 aliphatic heterocycles. The maximum absolute atomic E-state index is 2.49. The van der Waals surface area contributed by atoms with Crippen LogP contribution >= 0.6 is 0 Å². The number of benzene rings is 9. The van der Waals surface area contributed by atoms with Gasteiger partial charge in [0.2, 0.25) is 0 Å². The molecule has 0 saturated heterocycles. The predicted octanol–water partition coefficient (Wildman–Crippen LogP) is 13.1. The molecule has 0 radical (unpaired) electrons. The van der Waals surface area contributed by atoms with Crippen LogP contribution in [0.5, 0.6) is 0 Å². The van der Waals surface area contributed by atoms with E-state index in [0.717, 1.165) is 0 Å². The molecule has 0 atom stereocenters. The largest absolute Gasteiger partial charge is 0.0616 e. The molecule has 0 N–H and O–H groups in total. The first-order valence-corrected chi connectivity index (χ1v) is 16.6. The molecule has 0 bridgehead atoms. The fraction of sp³-hybridized carbons (Fsp3) is 0.0638. The van der Waals surface area contributed by atoms with Crippen molar-refractivity contribution in [2.45, 2.75) is 19.3 Å². The molecule has 0 heterocycles. The first-order valence-electron chi connectivity index (χ1n) is 16.6. The van der Waals surface area contributed by atoms with Gasteiger partial charge in [-0.15, -0.1) is 0 Å². The van der Waals surface area contributed by atoms with Crippen molar-refractivity contribution in [2.75, 3.05) is 0 Å². The smallest absolute Gasteiger partial charge is 0.0159 e. The van der Waals surface area contributed by atoms with Crippen LogP contribution in [0.15, 0.2) is 158 Å². The van der Waals surface area contributed by atoms with Gasteiger partial charge in [-0.1, -0.05) is 153 Å². The van der Waals surface area contributed by atoms with E-state index >= 15 is 0 Å². The molecule has 0 saturated carbocycles. The lowest BCUT2D eigenvalue weighted by atomic mass is 9.81. The first kappa shape index (κ1) is 26.5. The second-order valence-corrected chi connectivity index (χ2v) is 13.7. The highest BCUT2D eigenvalue weighted by Gasteiger charge is 2.37. The summed E-state index contributed by atoms with van der Waals surface area (Å²) in [5, 5.41) is 12.9. The van der Waals surface area contributed by atoms with Gasteiger partial charge in [-0.3, -0.25) is 0 Å². The SMILES string of the molecule is CC1(C)c2ccc(-c3c4ccccc4cc4c3ccc3ccccc34)cc2-c2c1ccc1c(-c3ccc4ccccc4c3)cccc21. The lowest BCUT2D eigenvalue weighted by Gasteiger charge is -2.22. The quantitative estimate of drug-likeness (QED) is 0.138. The molecule has 0 amide bonds. The Morgan fingerprint density at radius 2 is 0.957 bits per heavy atom. The maximum Gasteiger partial charge on any atom is 0.0159 e. The molecule has 9 aromatic rings. The second kappa shape index (κ2) is 9.64. The van der Waals surface area contributed by atoms with Crippen LogP contribution in [0.1, 0.15) is 25.0 Å². The minimum absolute atomic E-state index is 0.0899. The molecular weight excluding hydrogens is 565 g/mol. The van der Waals surface area contributed by atoms with Gasteiger partial charge in [-0.05, 0) is 117 Å². The molecule has 220 valence electrons. The van der Waals surface area contributed by atoms with Gasteiger partial charge in [0.1, 0.15) is 0 Å². The minimum atomic E-state index is -0.0899. The Labute approximate surface area is 274 Å². The van der Waals surface area contributed by atoms with E-state index < -0.39 is 0 Å². The van der Waals surface area contributed by atoms with E-state index in [1.54, 1.807) is 0 Å². The average Bonchev–Trinajstić information content (AvgIpc) is 3.35. The normalized spacial score (nSPS) is 13.5. The van der Waals surface area contributed by atoms with Crippen molar-refractivity contribution in [3.8, 4) is 33.4 Å². The molecule has 0 fully saturated rings. The van der Waals surface area contributed by atoms with Crippen LogP contribution in [0.2, 0.25) is 0 Å². The van der Waals surface area contributed by atoms with Crippen LogP contribution in [0.3, 0.4) is 0 Å². The van der Waals surface area contributed by atoms with Gasteiger partial charge in [0.15, 0.2) is 0 Å². The number of hydrogen-bond donors (Lipinski definition) is 0. The molecule has 0 unspecified atom stereocenters. The molecule has 1 aliphatic carbocycles. The average molecular weight is 597 g/mol. The highest BCUT2D eigenvalue weighted by Crippen LogP contribution is 2.53. The summed E-state index contributed by atoms with van der Waals surface area (Å²) in [6.07, 6.45) is 0. The van der Waals surface area contributed by atoms with Gasteiger partial charge in [-0.25, -0.2) is 0 Å². The van der Waals surface area contributed by atoms with Crippen molar-refractivity contribution in [1.29, 1.82) is 0 Å². The zero-order valence-corrected chi connectivity index (χ0v) is 26.5. The van der Waals surface area contributed by atoms with Crippen molar-refractivity contribution in [3.05, 3.63) is 169 Å².